The molecule has 0 saturated heterocycles. The lowest BCUT2D eigenvalue weighted by molar-refractivity contribution is -0.161. The molecule has 0 aliphatic rings. The van der Waals surface area contributed by atoms with E-state index in [9.17, 15) is 23.8 Å². The Morgan fingerprint density at radius 2 is 0.765 bits per heavy atom. The van der Waals surface area contributed by atoms with Crippen LogP contribution in [0.15, 0.2) is 24.3 Å². The molecule has 0 saturated carbocycles. The summed E-state index contributed by atoms with van der Waals surface area (Å²) in [6, 6.07) is -1.53. The Bertz CT molecular complexity index is 1250. The molecule has 3 atom stereocenters. The molecule has 0 heterocycles. The van der Waals surface area contributed by atoms with E-state index in [4.69, 9.17) is 24.8 Å². The van der Waals surface area contributed by atoms with Gasteiger partial charge < -0.3 is 25.2 Å². The standard InChI is InChI=1S/C56H106NO10P/c1-3-5-7-9-11-13-15-17-19-21-23-25-26-28-30-32-34-36-38-40-42-44-46-48-55(59)67-52(50-65-68(62,63)66-51-53(57)56(60)61)49-64-54(58)47-45-43-41-39-37-35-33-31-29-27-24-22-20-18-16-14-12-10-8-6-4-2/h32,34,40,42,52-53H,3-31,33,35-39,41,43-51,57H2,1-2H3,(H,60,61)(H,62,63)/b34-32+,42-40+/t52-,53+/m1/s1. The Morgan fingerprint density at radius 3 is 1.16 bits per heavy atom. The topological polar surface area (TPSA) is 172 Å². The van der Waals surface area contributed by atoms with Crippen molar-refractivity contribution < 1.29 is 47.5 Å². The van der Waals surface area contributed by atoms with Crippen molar-refractivity contribution in [3.05, 3.63) is 24.3 Å². The van der Waals surface area contributed by atoms with Crippen molar-refractivity contribution >= 4 is 25.7 Å². The van der Waals surface area contributed by atoms with Gasteiger partial charge in [-0.1, -0.05) is 250 Å². The van der Waals surface area contributed by atoms with Crippen LogP contribution in [0.1, 0.15) is 284 Å². The number of carboxylic acids is 1. The smallest absolute Gasteiger partial charge is 0.472 e. The van der Waals surface area contributed by atoms with Gasteiger partial charge in [-0.05, 0) is 44.9 Å². The highest BCUT2D eigenvalue weighted by molar-refractivity contribution is 7.47. The zero-order valence-electron chi connectivity index (χ0n) is 44.0. The number of phosphoric ester groups is 1. The number of aliphatic carboxylic acids is 1. The second-order valence-electron chi connectivity index (χ2n) is 19.4. The van der Waals surface area contributed by atoms with E-state index in [0.29, 0.717) is 19.3 Å². The van der Waals surface area contributed by atoms with E-state index < -0.39 is 51.1 Å². The molecule has 0 fully saturated rings. The number of ether oxygens (including phenoxy) is 2. The summed E-state index contributed by atoms with van der Waals surface area (Å²) >= 11 is 0. The van der Waals surface area contributed by atoms with Crippen LogP contribution in [0.2, 0.25) is 0 Å². The fraction of sp³-hybridized carbons (Fsp3) is 0.875. The van der Waals surface area contributed by atoms with Crippen LogP contribution in [0.25, 0.3) is 0 Å². The third-order valence-electron chi connectivity index (χ3n) is 12.7. The molecule has 11 nitrogen and oxygen atoms in total. The van der Waals surface area contributed by atoms with E-state index in [2.05, 4.69) is 42.7 Å². The summed E-state index contributed by atoms with van der Waals surface area (Å²) in [5, 5.41) is 8.94. The number of allylic oxidation sites excluding steroid dienone is 4. The van der Waals surface area contributed by atoms with Crippen molar-refractivity contribution in [1.29, 1.82) is 0 Å². The van der Waals surface area contributed by atoms with Crippen molar-refractivity contribution in [3.63, 3.8) is 0 Å². The van der Waals surface area contributed by atoms with Crippen LogP contribution in [0, 0.1) is 0 Å². The van der Waals surface area contributed by atoms with Crippen molar-refractivity contribution in [2.45, 2.75) is 296 Å². The molecule has 0 aromatic heterocycles. The molecule has 0 spiro atoms. The number of hydrogen-bond donors (Lipinski definition) is 3. The molecular weight excluding hydrogens is 878 g/mol. The Morgan fingerprint density at radius 1 is 0.441 bits per heavy atom. The minimum absolute atomic E-state index is 0.105. The Balaban J connectivity index is 4.20. The third-order valence-corrected chi connectivity index (χ3v) is 13.6. The molecule has 4 N–H and O–H groups in total. The van der Waals surface area contributed by atoms with Gasteiger partial charge >= 0.3 is 25.7 Å². The second-order valence-corrected chi connectivity index (χ2v) is 20.9. The zero-order valence-corrected chi connectivity index (χ0v) is 44.9. The number of esters is 2. The highest BCUT2D eigenvalue weighted by atomic mass is 31.2. The number of carbonyl (C=O) groups excluding carboxylic acids is 2. The molecule has 0 aliphatic heterocycles. The van der Waals surface area contributed by atoms with E-state index in [-0.39, 0.29) is 19.4 Å². The molecule has 0 aromatic carbocycles. The Hall–Kier alpha value is -2.04. The minimum atomic E-state index is -4.73. The normalized spacial score (nSPS) is 13.6. The van der Waals surface area contributed by atoms with Crippen LogP contribution in [0.3, 0.4) is 0 Å². The van der Waals surface area contributed by atoms with E-state index >= 15 is 0 Å². The molecule has 0 aromatic rings. The first kappa shape index (κ1) is 66.0. The maximum Gasteiger partial charge on any atom is 0.472 e. The van der Waals surface area contributed by atoms with Gasteiger partial charge in [0, 0.05) is 12.8 Å². The van der Waals surface area contributed by atoms with Crippen molar-refractivity contribution in [2.75, 3.05) is 19.8 Å². The molecule has 12 heteroatoms. The molecule has 0 rings (SSSR count). The highest BCUT2D eigenvalue weighted by Crippen LogP contribution is 2.43. The average molecular weight is 984 g/mol. The number of phosphoric acid groups is 1. The quantitative estimate of drug-likeness (QED) is 0.0229. The van der Waals surface area contributed by atoms with E-state index in [1.54, 1.807) is 0 Å². The van der Waals surface area contributed by atoms with Crippen LogP contribution in [0.4, 0.5) is 0 Å². The maximum absolute atomic E-state index is 12.7. The third kappa shape index (κ3) is 50.4. The van der Waals surface area contributed by atoms with Crippen molar-refractivity contribution in [2.24, 2.45) is 5.73 Å². The van der Waals surface area contributed by atoms with Crippen LogP contribution < -0.4 is 5.73 Å². The van der Waals surface area contributed by atoms with E-state index in [1.165, 1.54) is 199 Å². The van der Waals surface area contributed by atoms with Gasteiger partial charge in [-0.2, -0.15) is 0 Å². The summed E-state index contributed by atoms with van der Waals surface area (Å²) in [7, 11) is -4.73. The summed E-state index contributed by atoms with van der Waals surface area (Å²) < 4.78 is 32.9. The lowest BCUT2D eigenvalue weighted by Crippen LogP contribution is -2.34. The SMILES string of the molecule is CCCCCCCCCCCCCCCC/C=C/CC/C=C/CCCC(=O)O[C@H](COC(=O)CCCCCCCCCCCCCCCCCCCCCCC)COP(=O)(O)OC[C@H](N)C(=O)O. The molecule has 400 valence electrons. The van der Waals surface area contributed by atoms with Crippen molar-refractivity contribution in [1.82, 2.24) is 0 Å². The van der Waals surface area contributed by atoms with Crippen molar-refractivity contribution in [3.8, 4) is 0 Å². The first-order chi connectivity index (χ1) is 33.1. The largest absolute Gasteiger partial charge is 0.480 e. The lowest BCUT2D eigenvalue weighted by Gasteiger charge is -2.20. The molecule has 1 unspecified atom stereocenters. The number of nitrogens with two attached hydrogens (primary N) is 1. The molecule has 0 radical (unpaired) electrons. The fourth-order valence-electron chi connectivity index (χ4n) is 8.27. The van der Waals surface area contributed by atoms with Gasteiger partial charge in [0.25, 0.3) is 0 Å². The number of hydrogen-bond acceptors (Lipinski definition) is 9. The molecule has 0 amide bonds. The van der Waals surface area contributed by atoms with Crippen LogP contribution in [0.5, 0.6) is 0 Å². The maximum atomic E-state index is 12.7. The van der Waals surface area contributed by atoms with Gasteiger partial charge in [0.1, 0.15) is 12.6 Å². The van der Waals surface area contributed by atoms with Crippen LogP contribution >= 0.6 is 7.82 Å². The molecule has 0 aliphatic carbocycles. The van der Waals surface area contributed by atoms with Gasteiger partial charge in [0.15, 0.2) is 6.10 Å². The van der Waals surface area contributed by atoms with E-state index in [0.717, 1.165) is 38.5 Å². The number of rotatable bonds is 54. The zero-order chi connectivity index (χ0) is 49.9. The summed E-state index contributed by atoms with van der Waals surface area (Å²) in [5.74, 6) is -2.41. The van der Waals surface area contributed by atoms with Gasteiger partial charge in [-0.3, -0.25) is 23.4 Å². The highest BCUT2D eigenvalue weighted by Gasteiger charge is 2.28. The van der Waals surface area contributed by atoms with Crippen LogP contribution in [-0.2, 0) is 37.5 Å². The Labute approximate surface area is 417 Å². The van der Waals surface area contributed by atoms with Gasteiger partial charge in [0.2, 0.25) is 0 Å². The Kier molecular flexibility index (Phi) is 49.8. The lowest BCUT2D eigenvalue weighted by atomic mass is 10.0. The van der Waals surface area contributed by atoms with Gasteiger partial charge in [0.05, 0.1) is 13.2 Å². The summed E-state index contributed by atoms with van der Waals surface area (Å²) in [6.45, 7) is 2.84. The van der Waals surface area contributed by atoms with Gasteiger partial charge in [-0.25, -0.2) is 4.57 Å². The second kappa shape index (κ2) is 51.3. The summed E-state index contributed by atoms with van der Waals surface area (Å²) in [4.78, 5) is 46.3. The molecule has 0 bridgehead atoms. The fourth-order valence-corrected chi connectivity index (χ4v) is 9.04. The molecular formula is C56H106NO10P. The number of carbonyl (C=O) groups is 3. The molecule has 68 heavy (non-hydrogen) atoms. The minimum Gasteiger partial charge on any atom is -0.480 e. The summed E-state index contributed by atoms with van der Waals surface area (Å²) in [5.41, 5.74) is 5.36. The predicted octanol–water partition coefficient (Wildman–Crippen LogP) is 16.5. The number of unbranched alkanes of at least 4 members (excludes halogenated alkanes) is 36. The first-order valence-corrected chi connectivity index (χ1v) is 29.9. The predicted molar refractivity (Wildman–Crippen MR) is 282 cm³/mol. The monoisotopic (exact) mass is 984 g/mol. The first-order valence-electron chi connectivity index (χ1n) is 28.4. The van der Waals surface area contributed by atoms with Crippen LogP contribution in [-0.4, -0.2) is 59.9 Å². The van der Waals surface area contributed by atoms with Gasteiger partial charge in [-0.15, -0.1) is 0 Å². The number of carboxylic acid groups (broad SMARTS) is 1. The average Bonchev–Trinajstić information content (AvgIpc) is 3.32. The van der Waals surface area contributed by atoms with E-state index in [1.807, 2.05) is 0 Å². The summed E-state index contributed by atoms with van der Waals surface area (Å²) in [6.07, 6.45) is 58.4.